The fraction of sp³-hybridized carbons (Fsp3) is 0.444. The molecule has 20 heavy (non-hydrogen) atoms. The summed E-state index contributed by atoms with van der Waals surface area (Å²) >= 11 is 0. The standard InChI is InChI=1S/C18H23NO/c1-3-5-14-8-10-15(11-9-14)19-13(2)12-16-17(19)6-4-7-18(16)20/h8-12,18,20H,3-7H2,1-2H3. The van der Waals surface area contributed by atoms with E-state index >= 15 is 0 Å². The predicted octanol–water partition coefficient (Wildman–Crippen LogP) is 4.11. The van der Waals surface area contributed by atoms with E-state index in [-0.39, 0.29) is 6.10 Å². The van der Waals surface area contributed by atoms with E-state index in [0.29, 0.717) is 0 Å². The highest BCUT2D eigenvalue weighted by molar-refractivity contribution is 5.44. The van der Waals surface area contributed by atoms with E-state index in [0.717, 1.165) is 31.2 Å². The zero-order valence-electron chi connectivity index (χ0n) is 12.4. The molecule has 1 heterocycles. The summed E-state index contributed by atoms with van der Waals surface area (Å²) in [4.78, 5) is 0. The Kier molecular flexibility index (Phi) is 3.66. The van der Waals surface area contributed by atoms with Crippen LogP contribution in [0.2, 0.25) is 0 Å². The number of aryl methyl sites for hydroxylation is 2. The van der Waals surface area contributed by atoms with E-state index in [2.05, 4.69) is 48.7 Å². The number of hydrogen-bond acceptors (Lipinski definition) is 1. The third-order valence-electron chi connectivity index (χ3n) is 4.30. The topological polar surface area (TPSA) is 25.2 Å². The minimum atomic E-state index is -0.280. The fourth-order valence-electron chi connectivity index (χ4n) is 3.34. The van der Waals surface area contributed by atoms with Crippen molar-refractivity contribution in [1.82, 2.24) is 4.57 Å². The van der Waals surface area contributed by atoms with Gasteiger partial charge in [-0.3, -0.25) is 0 Å². The molecular formula is C18H23NO. The van der Waals surface area contributed by atoms with E-state index in [1.165, 1.54) is 29.1 Å². The second-order valence-corrected chi connectivity index (χ2v) is 5.85. The quantitative estimate of drug-likeness (QED) is 0.891. The zero-order valence-corrected chi connectivity index (χ0v) is 12.4. The normalized spacial score (nSPS) is 18.1. The molecule has 1 N–H and O–H groups in total. The molecule has 0 saturated heterocycles. The summed E-state index contributed by atoms with van der Waals surface area (Å²) in [5, 5.41) is 10.1. The Hall–Kier alpha value is -1.54. The van der Waals surface area contributed by atoms with Gasteiger partial charge in [-0.2, -0.15) is 0 Å². The molecular weight excluding hydrogens is 246 g/mol. The van der Waals surface area contributed by atoms with Crippen molar-refractivity contribution in [3.63, 3.8) is 0 Å². The molecule has 0 amide bonds. The van der Waals surface area contributed by atoms with E-state index in [4.69, 9.17) is 0 Å². The first kappa shape index (κ1) is 13.4. The number of fused-ring (bicyclic) bond motifs is 1. The summed E-state index contributed by atoms with van der Waals surface area (Å²) in [5.74, 6) is 0. The number of nitrogens with zero attached hydrogens (tertiary/aromatic N) is 1. The maximum absolute atomic E-state index is 10.1. The second-order valence-electron chi connectivity index (χ2n) is 5.85. The third-order valence-corrected chi connectivity index (χ3v) is 4.30. The van der Waals surface area contributed by atoms with Crippen molar-refractivity contribution in [3.8, 4) is 5.69 Å². The minimum absolute atomic E-state index is 0.280. The van der Waals surface area contributed by atoms with Gasteiger partial charge >= 0.3 is 0 Å². The van der Waals surface area contributed by atoms with E-state index in [1.54, 1.807) is 0 Å². The van der Waals surface area contributed by atoms with Gasteiger partial charge in [-0.25, -0.2) is 0 Å². The molecule has 0 radical (unpaired) electrons. The van der Waals surface area contributed by atoms with Crippen LogP contribution >= 0.6 is 0 Å². The number of aromatic nitrogens is 1. The average molecular weight is 269 g/mol. The Bertz CT molecular complexity index is 595. The van der Waals surface area contributed by atoms with Crippen LogP contribution in [0.1, 0.15) is 54.8 Å². The third kappa shape index (κ3) is 2.29. The van der Waals surface area contributed by atoms with Gasteiger partial charge in [0.15, 0.2) is 0 Å². The van der Waals surface area contributed by atoms with Gasteiger partial charge in [0.05, 0.1) is 6.10 Å². The molecule has 0 fully saturated rings. The fourth-order valence-corrected chi connectivity index (χ4v) is 3.34. The number of aliphatic hydroxyl groups excluding tert-OH is 1. The van der Waals surface area contributed by atoms with Gasteiger partial charge in [-0.1, -0.05) is 25.5 Å². The van der Waals surface area contributed by atoms with E-state index in [9.17, 15) is 5.11 Å². The van der Waals surface area contributed by atoms with Crippen LogP contribution in [0.3, 0.4) is 0 Å². The Morgan fingerprint density at radius 3 is 2.70 bits per heavy atom. The lowest BCUT2D eigenvalue weighted by Crippen LogP contribution is -2.11. The molecule has 1 aliphatic rings. The van der Waals surface area contributed by atoms with Crippen LogP contribution in [0.15, 0.2) is 30.3 Å². The van der Waals surface area contributed by atoms with Crippen LogP contribution < -0.4 is 0 Å². The van der Waals surface area contributed by atoms with Crippen molar-refractivity contribution >= 4 is 0 Å². The van der Waals surface area contributed by atoms with Crippen LogP contribution in [0, 0.1) is 6.92 Å². The van der Waals surface area contributed by atoms with Crippen LogP contribution in [-0.4, -0.2) is 9.67 Å². The van der Waals surface area contributed by atoms with Crippen molar-refractivity contribution in [2.24, 2.45) is 0 Å². The van der Waals surface area contributed by atoms with Gasteiger partial charge in [0, 0.05) is 22.6 Å². The van der Waals surface area contributed by atoms with Crippen LogP contribution in [0.25, 0.3) is 5.69 Å². The lowest BCUT2D eigenvalue weighted by Gasteiger charge is -2.20. The lowest BCUT2D eigenvalue weighted by molar-refractivity contribution is 0.156. The van der Waals surface area contributed by atoms with Gasteiger partial charge in [0.2, 0.25) is 0 Å². The molecule has 1 aromatic heterocycles. The molecule has 1 aromatic carbocycles. The number of hydrogen-bond donors (Lipinski definition) is 1. The summed E-state index contributed by atoms with van der Waals surface area (Å²) < 4.78 is 2.31. The SMILES string of the molecule is CCCc1ccc(-n2c(C)cc3c2CCCC3O)cc1. The maximum atomic E-state index is 10.1. The van der Waals surface area contributed by atoms with Crippen molar-refractivity contribution in [3.05, 3.63) is 52.8 Å². The average Bonchev–Trinajstić information content (AvgIpc) is 2.78. The van der Waals surface area contributed by atoms with Gasteiger partial charge in [-0.05, 0) is 56.4 Å². The Labute approximate surface area is 121 Å². The summed E-state index contributed by atoms with van der Waals surface area (Å²) in [7, 11) is 0. The molecule has 0 saturated carbocycles. The van der Waals surface area contributed by atoms with Crippen LogP contribution in [-0.2, 0) is 12.8 Å². The molecule has 2 aromatic rings. The first-order valence-corrected chi connectivity index (χ1v) is 7.69. The molecule has 0 aliphatic heterocycles. The summed E-state index contributed by atoms with van der Waals surface area (Å²) in [6.45, 7) is 4.34. The second kappa shape index (κ2) is 5.45. The monoisotopic (exact) mass is 269 g/mol. The van der Waals surface area contributed by atoms with Gasteiger partial charge < -0.3 is 9.67 Å². The van der Waals surface area contributed by atoms with Gasteiger partial charge in [0.25, 0.3) is 0 Å². The molecule has 1 aliphatic carbocycles. The van der Waals surface area contributed by atoms with Crippen LogP contribution in [0.5, 0.6) is 0 Å². The number of rotatable bonds is 3. The Balaban J connectivity index is 2.01. The molecule has 1 unspecified atom stereocenters. The zero-order chi connectivity index (χ0) is 14.1. The molecule has 0 bridgehead atoms. The summed E-state index contributed by atoms with van der Waals surface area (Å²) in [5.41, 5.74) is 6.27. The number of benzene rings is 1. The smallest absolute Gasteiger partial charge is 0.0807 e. The van der Waals surface area contributed by atoms with Crippen molar-refractivity contribution in [2.45, 2.75) is 52.1 Å². The highest BCUT2D eigenvalue weighted by Crippen LogP contribution is 2.33. The first-order chi connectivity index (χ1) is 9.70. The molecule has 3 rings (SSSR count). The highest BCUT2D eigenvalue weighted by Gasteiger charge is 2.23. The van der Waals surface area contributed by atoms with E-state index < -0.39 is 0 Å². The minimum Gasteiger partial charge on any atom is -0.388 e. The predicted molar refractivity (Wildman–Crippen MR) is 82.4 cm³/mol. The van der Waals surface area contributed by atoms with Gasteiger partial charge in [0.1, 0.15) is 0 Å². The van der Waals surface area contributed by atoms with E-state index in [1.807, 2.05) is 0 Å². The molecule has 106 valence electrons. The molecule has 1 atom stereocenters. The molecule has 2 nitrogen and oxygen atoms in total. The van der Waals surface area contributed by atoms with Crippen LogP contribution in [0.4, 0.5) is 0 Å². The summed E-state index contributed by atoms with van der Waals surface area (Å²) in [6, 6.07) is 11.0. The maximum Gasteiger partial charge on any atom is 0.0807 e. The number of aliphatic hydroxyl groups is 1. The lowest BCUT2D eigenvalue weighted by atomic mass is 9.95. The summed E-state index contributed by atoms with van der Waals surface area (Å²) in [6.07, 6.45) is 5.08. The van der Waals surface area contributed by atoms with Crippen molar-refractivity contribution in [2.75, 3.05) is 0 Å². The van der Waals surface area contributed by atoms with Crippen molar-refractivity contribution < 1.29 is 5.11 Å². The molecule has 0 spiro atoms. The highest BCUT2D eigenvalue weighted by atomic mass is 16.3. The first-order valence-electron chi connectivity index (χ1n) is 7.69. The van der Waals surface area contributed by atoms with Crippen molar-refractivity contribution in [1.29, 1.82) is 0 Å². The largest absolute Gasteiger partial charge is 0.388 e. The van der Waals surface area contributed by atoms with Gasteiger partial charge in [-0.15, -0.1) is 0 Å². The molecule has 2 heteroatoms. The Morgan fingerprint density at radius 2 is 2.00 bits per heavy atom. The Morgan fingerprint density at radius 1 is 1.25 bits per heavy atom.